The predicted molar refractivity (Wildman–Crippen MR) is 121 cm³/mol. The summed E-state index contributed by atoms with van der Waals surface area (Å²) >= 11 is 0. The Kier molecular flexibility index (Phi) is 6.64. The van der Waals surface area contributed by atoms with E-state index < -0.39 is 6.09 Å². The lowest BCUT2D eigenvalue weighted by molar-refractivity contribution is -0.0522. The van der Waals surface area contributed by atoms with Gasteiger partial charge in [0.25, 0.3) is 0 Å². The normalized spacial score (nSPS) is 16.8. The van der Waals surface area contributed by atoms with Gasteiger partial charge in [0.2, 0.25) is 5.95 Å². The Morgan fingerprint density at radius 2 is 2.00 bits per heavy atom. The van der Waals surface area contributed by atoms with Crippen molar-refractivity contribution in [3.8, 4) is 0 Å². The zero-order chi connectivity index (χ0) is 23.5. The van der Waals surface area contributed by atoms with Gasteiger partial charge in [-0.25, -0.2) is 14.6 Å². The van der Waals surface area contributed by atoms with E-state index >= 15 is 0 Å². The van der Waals surface area contributed by atoms with Crippen LogP contribution in [-0.4, -0.2) is 57.9 Å². The number of hydrogen-bond donors (Lipinski definition) is 2. The van der Waals surface area contributed by atoms with Crippen molar-refractivity contribution in [1.29, 1.82) is 0 Å². The van der Waals surface area contributed by atoms with Gasteiger partial charge < -0.3 is 24.8 Å². The summed E-state index contributed by atoms with van der Waals surface area (Å²) in [6.07, 6.45) is 0.360. The topological polar surface area (TPSA) is 117 Å². The number of carbonyl (C=O) groups excluding carboxylic acids is 1. The predicted octanol–water partition coefficient (Wildman–Crippen LogP) is 3.64. The van der Waals surface area contributed by atoms with Crippen LogP contribution in [0.15, 0.2) is 30.5 Å². The van der Waals surface area contributed by atoms with E-state index in [4.69, 9.17) is 14.6 Å². The summed E-state index contributed by atoms with van der Waals surface area (Å²) in [5.41, 5.74) is 2.86. The fourth-order valence-corrected chi connectivity index (χ4v) is 3.73. The van der Waals surface area contributed by atoms with Crippen LogP contribution in [0.5, 0.6) is 0 Å². The molecule has 10 nitrogen and oxygen atoms in total. The molecule has 0 spiro atoms. The number of rotatable bonds is 8. The molecule has 0 saturated carbocycles. The van der Waals surface area contributed by atoms with Crippen LogP contribution in [-0.2, 0) is 22.7 Å². The molecule has 1 aromatic heterocycles. The summed E-state index contributed by atoms with van der Waals surface area (Å²) in [5.74, 6) is 1.32. The number of anilines is 2. The van der Waals surface area contributed by atoms with Gasteiger partial charge in [-0.2, -0.15) is 4.98 Å². The van der Waals surface area contributed by atoms with Crippen LogP contribution in [0.2, 0.25) is 0 Å². The number of aromatic nitrogens is 2. The van der Waals surface area contributed by atoms with Gasteiger partial charge in [0, 0.05) is 12.7 Å². The molecule has 4 rings (SSSR count). The number of nitrogens with one attached hydrogen (secondary N) is 1. The van der Waals surface area contributed by atoms with Crippen LogP contribution in [0.25, 0.3) is 0 Å². The molecule has 2 N–H and O–H groups in total. The van der Waals surface area contributed by atoms with E-state index in [1.165, 1.54) is 4.90 Å². The quantitative estimate of drug-likeness (QED) is 0.620. The fraction of sp³-hybridized carbons (Fsp3) is 0.478. The first-order chi connectivity index (χ1) is 15.8. The lowest BCUT2D eigenvalue weighted by Crippen LogP contribution is -2.54. The van der Waals surface area contributed by atoms with Crippen LogP contribution >= 0.6 is 0 Å². The monoisotopic (exact) mass is 455 g/mol. The number of carboxylic acid groups (broad SMARTS) is 1. The molecule has 33 heavy (non-hydrogen) atoms. The Hall–Kier alpha value is -3.40. The highest BCUT2D eigenvalue weighted by atomic mass is 16.6. The van der Waals surface area contributed by atoms with E-state index in [1.807, 2.05) is 45.0 Å². The van der Waals surface area contributed by atoms with Crippen molar-refractivity contribution in [2.45, 2.75) is 46.1 Å². The van der Waals surface area contributed by atoms with Gasteiger partial charge in [-0.05, 0) is 24.0 Å². The molecule has 2 aromatic rings. The van der Waals surface area contributed by atoms with E-state index in [-0.39, 0.29) is 30.8 Å². The number of ether oxygens (including phenoxy) is 2. The van der Waals surface area contributed by atoms with Crippen LogP contribution in [0.1, 0.15) is 43.5 Å². The summed E-state index contributed by atoms with van der Waals surface area (Å²) in [7, 11) is 0. The third-order valence-corrected chi connectivity index (χ3v) is 5.65. The smallest absolute Gasteiger partial charge is 0.415 e. The first-order valence-corrected chi connectivity index (χ1v) is 11.0. The molecule has 2 aliphatic heterocycles. The first kappa shape index (κ1) is 22.8. The summed E-state index contributed by atoms with van der Waals surface area (Å²) in [6.45, 7) is 8.07. The van der Waals surface area contributed by atoms with Crippen LogP contribution in [0.3, 0.4) is 0 Å². The highest BCUT2D eigenvalue weighted by Gasteiger charge is 2.31. The molecule has 0 bridgehead atoms. The maximum absolute atomic E-state index is 12.2. The van der Waals surface area contributed by atoms with E-state index in [2.05, 4.69) is 15.3 Å². The SMILES string of the molecule is CC(C)CN1C(=O)OCc2cnc(N[C@@H](C)c3ccc(COC4CN(C(=O)O)C4)cc3)nc21. The van der Waals surface area contributed by atoms with E-state index in [1.54, 1.807) is 11.1 Å². The highest BCUT2D eigenvalue weighted by Crippen LogP contribution is 2.27. The Bertz CT molecular complexity index is 1010. The maximum atomic E-state index is 12.2. The molecule has 1 aromatic carbocycles. The molecule has 3 heterocycles. The molecule has 2 aliphatic rings. The first-order valence-electron chi connectivity index (χ1n) is 11.0. The van der Waals surface area contributed by atoms with Crippen molar-refractivity contribution < 1.29 is 24.2 Å². The molecule has 1 atom stereocenters. The Morgan fingerprint density at radius 1 is 1.27 bits per heavy atom. The number of hydrogen-bond acceptors (Lipinski definition) is 7. The largest absolute Gasteiger partial charge is 0.465 e. The van der Waals surface area contributed by atoms with Gasteiger partial charge >= 0.3 is 12.2 Å². The van der Waals surface area contributed by atoms with Gasteiger partial charge in [-0.1, -0.05) is 38.1 Å². The number of carbonyl (C=O) groups is 2. The van der Waals surface area contributed by atoms with E-state index in [0.29, 0.717) is 38.0 Å². The molecule has 1 saturated heterocycles. The minimum absolute atomic E-state index is 0.0462. The van der Waals surface area contributed by atoms with Crippen molar-refractivity contribution in [1.82, 2.24) is 14.9 Å². The molecule has 2 amide bonds. The minimum Gasteiger partial charge on any atom is -0.465 e. The lowest BCUT2D eigenvalue weighted by Gasteiger charge is -2.36. The van der Waals surface area contributed by atoms with Gasteiger partial charge in [-0.15, -0.1) is 0 Å². The van der Waals surface area contributed by atoms with Crippen LogP contribution in [0.4, 0.5) is 21.4 Å². The third kappa shape index (κ3) is 5.33. The zero-order valence-corrected chi connectivity index (χ0v) is 19.0. The maximum Gasteiger partial charge on any atom is 0.415 e. The molecule has 0 unspecified atom stereocenters. The molecular formula is C23H29N5O5. The molecule has 1 fully saturated rings. The third-order valence-electron chi connectivity index (χ3n) is 5.65. The van der Waals surface area contributed by atoms with Crippen LogP contribution in [0, 0.1) is 5.92 Å². The lowest BCUT2D eigenvalue weighted by atomic mass is 10.1. The van der Waals surface area contributed by atoms with Crippen molar-refractivity contribution in [2.24, 2.45) is 5.92 Å². The Morgan fingerprint density at radius 3 is 2.67 bits per heavy atom. The van der Waals surface area contributed by atoms with Crippen molar-refractivity contribution in [2.75, 3.05) is 29.9 Å². The summed E-state index contributed by atoms with van der Waals surface area (Å²) < 4.78 is 11.0. The Balaban J connectivity index is 1.35. The van der Waals surface area contributed by atoms with Gasteiger partial charge in [0.05, 0.1) is 37.4 Å². The van der Waals surface area contributed by atoms with Crippen molar-refractivity contribution >= 4 is 24.0 Å². The minimum atomic E-state index is -0.906. The average Bonchev–Trinajstić information content (AvgIpc) is 2.74. The number of cyclic esters (lactones) is 1. The molecule has 0 aliphatic carbocycles. The number of benzene rings is 1. The zero-order valence-electron chi connectivity index (χ0n) is 19.0. The van der Waals surface area contributed by atoms with Crippen molar-refractivity contribution in [3.05, 3.63) is 47.2 Å². The summed E-state index contributed by atoms with van der Waals surface area (Å²) in [6, 6.07) is 7.97. The second-order valence-electron chi connectivity index (χ2n) is 8.83. The van der Waals surface area contributed by atoms with Gasteiger partial charge in [-0.3, -0.25) is 4.90 Å². The van der Waals surface area contributed by atoms with E-state index in [9.17, 15) is 9.59 Å². The highest BCUT2D eigenvalue weighted by molar-refractivity contribution is 5.89. The second-order valence-corrected chi connectivity index (χ2v) is 8.83. The molecule has 0 radical (unpaired) electrons. The number of likely N-dealkylation sites (tertiary alicyclic amines) is 1. The molecule has 176 valence electrons. The van der Waals surface area contributed by atoms with Gasteiger partial charge in [0.1, 0.15) is 12.4 Å². The average molecular weight is 456 g/mol. The number of amides is 2. The molecule has 10 heteroatoms. The van der Waals surface area contributed by atoms with Crippen molar-refractivity contribution in [3.63, 3.8) is 0 Å². The number of nitrogens with zero attached hydrogens (tertiary/aromatic N) is 4. The second kappa shape index (κ2) is 9.62. The standard InChI is InChI=1S/C23H29N5O5/c1-14(2)9-28-20-18(13-33-23(28)31)8-24-21(26-20)25-15(3)17-6-4-16(5-7-17)12-32-19-10-27(11-19)22(29)30/h4-8,14-15,19H,9-13H2,1-3H3,(H,29,30)(H,24,25,26)/t15-/m0/s1. The fourth-order valence-electron chi connectivity index (χ4n) is 3.73. The summed E-state index contributed by atoms with van der Waals surface area (Å²) in [5, 5.41) is 12.2. The Labute approximate surface area is 192 Å². The van der Waals surface area contributed by atoms with Gasteiger partial charge in [0.15, 0.2) is 0 Å². The number of fused-ring (bicyclic) bond motifs is 1. The molecular weight excluding hydrogens is 426 g/mol. The summed E-state index contributed by atoms with van der Waals surface area (Å²) in [4.78, 5) is 34.9. The van der Waals surface area contributed by atoms with E-state index in [0.717, 1.165) is 16.7 Å². The van der Waals surface area contributed by atoms with Crippen LogP contribution < -0.4 is 10.2 Å².